The summed E-state index contributed by atoms with van der Waals surface area (Å²) in [7, 11) is 0. The molecule has 3 heterocycles. The van der Waals surface area contributed by atoms with E-state index in [0.717, 1.165) is 0 Å². The fourth-order valence-corrected chi connectivity index (χ4v) is 12.3. The van der Waals surface area contributed by atoms with Gasteiger partial charge in [0.05, 0.1) is 63.1 Å². The number of hydrogen-bond donors (Lipinski definition) is 17. The van der Waals surface area contributed by atoms with Gasteiger partial charge in [0.25, 0.3) is 5.91 Å². The van der Waals surface area contributed by atoms with E-state index < -0.39 is 188 Å². The van der Waals surface area contributed by atoms with Crippen molar-refractivity contribution in [3.05, 3.63) is 84.1 Å². The molecule has 1 aliphatic rings. The van der Waals surface area contributed by atoms with E-state index in [1.807, 2.05) is 20.1 Å². The molecule has 1 saturated heterocycles. The van der Waals surface area contributed by atoms with Gasteiger partial charge in [-0.15, -0.1) is 0 Å². The number of aliphatic carboxylic acids is 4. The molecular weight excluding hydrogens is 1460 g/mol. The van der Waals surface area contributed by atoms with Gasteiger partial charge in [-0.1, -0.05) is 45.9 Å². The number of nitrogens with one attached hydrogen (secondary N) is 10. The number of carbonyl (C=O) groups excluding carboxylic acids is 12. The highest BCUT2D eigenvalue weighted by Gasteiger charge is 2.35. The molecule has 4 aromatic rings. The average Bonchev–Trinajstić information content (AvgIpc) is 1.63. The number of nitrogens with zero attached hydrogens (tertiary/aromatic N) is 6. The summed E-state index contributed by atoms with van der Waals surface area (Å²) in [6.45, 7) is 5.22. The first kappa shape index (κ1) is 89.7. The number of fused-ring (bicyclic) bond motifs is 1. The lowest BCUT2D eigenvalue weighted by atomic mass is 10.0. The minimum Gasteiger partial charge on any atom is -0.481 e. The number of amides is 11. The van der Waals surface area contributed by atoms with Crippen molar-refractivity contribution < 1.29 is 97.1 Å². The van der Waals surface area contributed by atoms with Crippen LogP contribution in [0.1, 0.15) is 93.1 Å². The quantitative estimate of drug-likeness (QED) is 0.0201. The van der Waals surface area contributed by atoms with Crippen LogP contribution in [-0.4, -0.2) is 295 Å². The van der Waals surface area contributed by atoms with E-state index in [0.29, 0.717) is 27.9 Å². The summed E-state index contributed by atoms with van der Waals surface area (Å²) >= 11 is 1.44. The number of primary amides is 2. The van der Waals surface area contributed by atoms with Gasteiger partial charge in [0.1, 0.15) is 36.3 Å². The van der Waals surface area contributed by atoms with E-state index in [-0.39, 0.29) is 108 Å². The van der Waals surface area contributed by atoms with Crippen molar-refractivity contribution in [3.8, 4) is 0 Å². The molecule has 39 nitrogen and oxygen atoms in total. The maximum Gasteiger partial charge on any atom is 0.317 e. The number of rotatable bonds is 42. The number of aromatic amines is 1. The molecule has 1 unspecified atom stereocenters. The second kappa shape index (κ2) is 44.5. The highest BCUT2D eigenvalue weighted by Crippen LogP contribution is 2.25. The lowest BCUT2D eigenvalue weighted by Crippen LogP contribution is -2.59. The van der Waals surface area contributed by atoms with Crippen LogP contribution in [0, 0.1) is 11.8 Å². The Hall–Kier alpha value is -10.9. The molecule has 2 aromatic carbocycles. The van der Waals surface area contributed by atoms with Crippen molar-refractivity contribution in [1.82, 2.24) is 76.7 Å². The van der Waals surface area contributed by atoms with Gasteiger partial charge in [0.2, 0.25) is 65.0 Å². The van der Waals surface area contributed by atoms with Gasteiger partial charge in [-0.2, -0.15) is 11.8 Å². The van der Waals surface area contributed by atoms with Crippen molar-refractivity contribution in [2.24, 2.45) is 29.0 Å². The summed E-state index contributed by atoms with van der Waals surface area (Å²) in [4.78, 5) is 224. The van der Waals surface area contributed by atoms with Crippen LogP contribution in [0.3, 0.4) is 0 Å². The minimum atomic E-state index is -1.56. The summed E-state index contributed by atoms with van der Waals surface area (Å²) in [5, 5.41) is 62.5. The molecule has 602 valence electrons. The fraction of sp³-hybridized carbons (Fsp3) is 0.529. The number of aromatic nitrogens is 3. The molecule has 0 saturated carbocycles. The first-order valence-electron chi connectivity index (χ1n) is 35.5. The van der Waals surface area contributed by atoms with Crippen molar-refractivity contribution in [3.63, 3.8) is 0 Å². The van der Waals surface area contributed by atoms with Gasteiger partial charge < -0.3 is 90.5 Å². The van der Waals surface area contributed by atoms with Crippen molar-refractivity contribution in [1.29, 1.82) is 0 Å². The summed E-state index contributed by atoms with van der Waals surface area (Å²) < 4.78 is 1.23. The minimum absolute atomic E-state index is 0.0454. The Kier molecular flexibility index (Phi) is 36.3. The van der Waals surface area contributed by atoms with E-state index >= 15 is 0 Å². The number of nitrogens with two attached hydrogens (primary N) is 3. The van der Waals surface area contributed by atoms with Crippen LogP contribution < -0.4 is 65.1 Å². The lowest BCUT2D eigenvalue weighted by Gasteiger charge is -2.35. The second-order valence-electron chi connectivity index (χ2n) is 27.2. The number of hydrogen-bond acceptors (Lipinski definition) is 23. The van der Waals surface area contributed by atoms with Crippen LogP contribution in [0.2, 0.25) is 0 Å². The van der Waals surface area contributed by atoms with Gasteiger partial charge in [0, 0.05) is 106 Å². The first-order chi connectivity index (χ1) is 52.0. The number of para-hydroxylation sites is 1. The standard InChI is InChI=1S/C70H101N19O20S/c1-39(2)27-49(66(105)81-48(62(73)101)17-26-110-6)83-67(106)51(29-45-31-74-38-77-45)80-56(92)33-76-69(108)61(40(3)4)84-63(102)41(5)78-65(104)50(28-43-34-89(52-10-8-7-9-46(43)52)70(109)47(71)15-16-54(72)90)82-64(103)42-11-13-44(14-12-42)79-55(91)32-75-68(107)53(30-57(93)94)88-24-22-86(36-59(97)98)20-18-85(35-58(95)96)19-21-87(23-25-88)37-60(99)100/h7-14,31,34,38-41,47-51,53,61H,15-30,32-33,35-37,71H2,1-6H3,(H2,72,90)(H2,73,101)(H,74,77)(H,75,107)(H,76,108)(H,78,104)(H,79,91)(H,80,92)(H,81,105)(H,82,103)(H,83,106)(H,84,102)(H,93,94)(H,95,96)(H,97,98)(H,99,100)/t41-,47-,48-,49-,50-,51-,53?,61-/m0/s1. The first-order valence-corrected chi connectivity index (χ1v) is 36.9. The molecule has 8 atom stereocenters. The highest BCUT2D eigenvalue weighted by molar-refractivity contribution is 7.98. The van der Waals surface area contributed by atoms with Gasteiger partial charge in [0.15, 0.2) is 0 Å². The molecule has 110 heavy (non-hydrogen) atoms. The molecule has 11 amide bonds. The van der Waals surface area contributed by atoms with Crippen LogP contribution in [-0.2, 0) is 80.0 Å². The van der Waals surface area contributed by atoms with Gasteiger partial charge in [-0.25, -0.2) is 4.98 Å². The third-order valence-electron chi connectivity index (χ3n) is 17.7. The molecule has 0 aliphatic carbocycles. The molecule has 20 N–H and O–H groups in total. The zero-order valence-corrected chi connectivity index (χ0v) is 62.9. The van der Waals surface area contributed by atoms with E-state index in [1.54, 1.807) is 38.1 Å². The zero-order chi connectivity index (χ0) is 81.5. The molecule has 1 fully saturated rings. The monoisotopic (exact) mass is 1560 g/mol. The topological polar surface area (TPSA) is 587 Å². The molecule has 0 radical (unpaired) electrons. The number of imidazole rings is 1. The summed E-state index contributed by atoms with van der Waals surface area (Å²) in [5.74, 6) is -15.0. The molecule has 0 bridgehead atoms. The normalized spacial score (nSPS) is 15.6. The van der Waals surface area contributed by atoms with E-state index in [4.69, 9.17) is 17.2 Å². The molecule has 2 aromatic heterocycles. The van der Waals surface area contributed by atoms with Crippen molar-refractivity contribution in [2.75, 3.05) is 102 Å². The Labute approximate surface area is 637 Å². The second-order valence-corrected chi connectivity index (χ2v) is 28.2. The van der Waals surface area contributed by atoms with E-state index in [2.05, 4.69) is 57.8 Å². The SMILES string of the molecule is CSCC[C@H](NC(=O)[C@H](CC(C)C)NC(=O)[C@H](Cc1cnc[nH]1)NC(=O)CNC(=O)[C@@H](NC(=O)[C@H](C)NC(=O)[C@H](Cc1cn(C(=O)[C@@H](N)CCC(N)=O)c2ccccc12)NC(=O)c1ccc(NC(=O)CNC(=O)C(CC(=O)O)N2CCN(CC(=O)O)CCN(CC(=O)O)CCN(CC(=O)O)CC2)cc1)C(C)C)C(N)=O. The molecular formula is C70H101N19O20S. The Bertz CT molecular complexity index is 3860. The maximum atomic E-state index is 14.6. The fourth-order valence-electron chi connectivity index (χ4n) is 11.8. The molecule has 1 aliphatic heterocycles. The lowest BCUT2D eigenvalue weighted by molar-refractivity contribution is -0.142. The number of carboxylic acid groups (broad SMARTS) is 4. The van der Waals surface area contributed by atoms with Gasteiger partial charge in [-0.3, -0.25) is 101 Å². The average molecular weight is 1560 g/mol. The number of anilines is 1. The number of carboxylic acids is 4. The van der Waals surface area contributed by atoms with Crippen LogP contribution >= 0.6 is 11.8 Å². The Morgan fingerprint density at radius 1 is 0.582 bits per heavy atom. The third kappa shape index (κ3) is 30.3. The summed E-state index contributed by atoms with van der Waals surface area (Å²) in [6.07, 6.45) is 4.79. The Morgan fingerprint density at radius 3 is 1.66 bits per heavy atom. The highest BCUT2D eigenvalue weighted by atomic mass is 32.2. The van der Waals surface area contributed by atoms with Crippen molar-refractivity contribution in [2.45, 2.75) is 128 Å². The smallest absolute Gasteiger partial charge is 0.317 e. The van der Waals surface area contributed by atoms with Crippen LogP contribution in [0.4, 0.5) is 5.69 Å². The molecule has 40 heteroatoms. The predicted octanol–water partition coefficient (Wildman–Crippen LogP) is -3.94. The van der Waals surface area contributed by atoms with E-state index in [9.17, 15) is 97.1 Å². The number of thioether (sulfide) groups is 1. The number of carbonyl (C=O) groups is 16. The van der Waals surface area contributed by atoms with Crippen LogP contribution in [0.15, 0.2) is 67.3 Å². The Balaban J connectivity index is 1.32. The number of benzene rings is 2. The predicted molar refractivity (Wildman–Crippen MR) is 399 cm³/mol. The van der Waals surface area contributed by atoms with Crippen LogP contribution in [0.25, 0.3) is 10.9 Å². The summed E-state index contributed by atoms with van der Waals surface area (Å²) in [6, 6.07) is 1.18. The van der Waals surface area contributed by atoms with Crippen molar-refractivity contribution >= 4 is 123 Å². The van der Waals surface area contributed by atoms with Gasteiger partial charge >= 0.3 is 23.9 Å². The Morgan fingerprint density at radius 2 is 1.13 bits per heavy atom. The number of H-pyrrole nitrogens is 1. The largest absolute Gasteiger partial charge is 0.481 e. The zero-order valence-electron chi connectivity index (χ0n) is 62.1. The summed E-state index contributed by atoms with van der Waals surface area (Å²) in [5.41, 5.74) is 18.2. The van der Waals surface area contributed by atoms with Crippen LogP contribution in [0.5, 0.6) is 0 Å². The third-order valence-corrected chi connectivity index (χ3v) is 18.3. The maximum absolute atomic E-state index is 14.6. The molecule has 5 rings (SSSR count). The molecule has 0 spiro atoms. The van der Waals surface area contributed by atoms with Gasteiger partial charge in [-0.05, 0) is 85.9 Å². The van der Waals surface area contributed by atoms with E-state index in [1.165, 1.54) is 85.8 Å².